The molecule has 15 heavy (non-hydrogen) atoms. The van der Waals surface area contributed by atoms with Crippen LogP contribution in [-0.4, -0.2) is 19.9 Å². The minimum atomic E-state index is -0.475. The molecule has 0 amide bonds. The van der Waals surface area contributed by atoms with Crippen LogP contribution in [0.2, 0.25) is 0 Å². The third-order valence-electron chi connectivity index (χ3n) is 2.02. The molecule has 80 valence electrons. The predicted octanol–water partition coefficient (Wildman–Crippen LogP) is 2.26. The quantitative estimate of drug-likeness (QED) is 0.592. The summed E-state index contributed by atoms with van der Waals surface area (Å²) in [5.74, 6) is -0.475. The maximum Gasteiger partial charge on any atom is 0.153 e. The molecule has 0 heterocycles. The van der Waals surface area contributed by atoms with Crippen molar-refractivity contribution in [3.05, 3.63) is 41.2 Å². The number of carbonyl (C=O) groups excluding carboxylic acids is 1. The van der Waals surface area contributed by atoms with E-state index in [4.69, 9.17) is 0 Å². The average molecular weight is 207 g/mol. The molecule has 0 aliphatic carbocycles. The summed E-state index contributed by atoms with van der Waals surface area (Å²) in [4.78, 5) is 10.5. The zero-order valence-electron chi connectivity index (χ0n) is 8.66. The van der Waals surface area contributed by atoms with Crippen LogP contribution in [0.15, 0.2) is 24.3 Å². The zero-order chi connectivity index (χ0) is 11.1. The van der Waals surface area contributed by atoms with Gasteiger partial charge in [0.2, 0.25) is 0 Å². The second kappa shape index (κ2) is 6.09. The van der Waals surface area contributed by atoms with Gasteiger partial charge < -0.3 is 5.32 Å². The van der Waals surface area contributed by atoms with E-state index in [1.54, 1.807) is 6.07 Å². The summed E-state index contributed by atoms with van der Waals surface area (Å²) in [5.41, 5.74) is 0.945. The SMILES string of the molecule is CNCCC=Cc1ccc(F)c(C=O)c1. The van der Waals surface area contributed by atoms with E-state index in [1.807, 2.05) is 19.2 Å². The van der Waals surface area contributed by atoms with E-state index in [2.05, 4.69) is 5.32 Å². The highest BCUT2D eigenvalue weighted by atomic mass is 19.1. The molecule has 0 aromatic heterocycles. The van der Waals surface area contributed by atoms with Crippen molar-refractivity contribution >= 4 is 12.4 Å². The van der Waals surface area contributed by atoms with Gasteiger partial charge >= 0.3 is 0 Å². The van der Waals surface area contributed by atoms with E-state index in [9.17, 15) is 9.18 Å². The summed E-state index contributed by atoms with van der Waals surface area (Å²) in [5, 5.41) is 3.02. The fourth-order valence-corrected chi connectivity index (χ4v) is 1.20. The highest BCUT2D eigenvalue weighted by Crippen LogP contribution is 2.10. The Morgan fingerprint density at radius 3 is 2.93 bits per heavy atom. The third-order valence-corrected chi connectivity index (χ3v) is 2.02. The lowest BCUT2D eigenvalue weighted by molar-refractivity contribution is 0.112. The van der Waals surface area contributed by atoms with Crippen molar-refractivity contribution in [1.82, 2.24) is 5.32 Å². The molecule has 0 saturated heterocycles. The minimum Gasteiger partial charge on any atom is -0.319 e. The number of hydrogen-bond donors (Lipinski definition) is 1. The number of nitrogens with one attached hydrogen (secondary N) is 1. The molecule has 0 fully saturated rings. The second-order valence-electron chi connectivity index (χ2n) is 3.19. The maximum absolute atomic E-state index is 12.9. The number of halogens is 1. The van der Waals surface area contributed by atoms with Gasteiger partial charge in [-0.15, -0.1) is 0 Å². The fourth-order valence-electron chi connectivity index (χ4n) is 1.20. The van der Waals surface area contributed by atoms with E-state index >= 15 is 0 Å². The van der Waals surface area contributed by atoms with Crippen LogP contribution < -0.4 is 5.32 Å². The third kappa shape index (κ3) is 3.64. The van der Waals surface area contributed by atoms with Crippen LogP contribution in [0.4, 0.5) is 4.39 Å². The lowest BCUT2D eigenvalue weighted by Crippen LogP contribution is -2.05. The Balaban J connectivity index is 2.69. The number of carbonyl (C=O) groups is 1. The Hall–Kier alpha value is -1.48. The Kier molecular flexibility index (Phi) is 4.71. The molecular formula is C12H14FNO. The van der Waals surface area contributed by atoms with Gasteiger partial charge in [-0.05, 0) is 37.7 Å². The van der Waals surface area contributed by atoms with Crippen molar-refractivity contribution in [2.24, 2.45) is 0 Å². The predicted molar refractivity (Wildman–Crippen MR) is 59.4 cm³/mol. The Labute approximate surface area is 88.8 Å². The number of benzene rings is 1. The molecule has 1 aromatic carbocycles. The molecule has 0 atom stereocenters. The fraction of sp³-hybridized carbons (Fsp3) is 0.250. The zero-order valence-corrected chi connectivity index (χ0v) is 8.66. The summed E-state index contributed by atoms with van der Waals surface area (Å²) in [7, 11) is 1.89. The van der Waals surface area contributed by atoms with E-state index in [0.29, 0.717) is 6.29 Å². The molecule has 0 unspecified atom stereocenters. The molecule has 2 nitrogen and oxygen atoms in total. The van der Waals surface area contributed by atoms with Gasteiger partial charge in [-0.25, -0.2) is 4.39 Å². The largest absolute Gasteiger partial charge is 0.319 e. The van der Waals surface area contributed by atoms with Crippen LogP contribution in [0.25, 0.3) is 6.08 Å². The van der Waals surface area contributed by atoms with Crippen molar-refractivity contribution in [3.63, 3.8) is 0 Å². The van der Waals surface area contributed by atoms with Crippen LogP contribution in [0.1, 0.15) is 22.3 Å². The summed E-state index contributed by atoms with van der Waals surface area (Å²) in [6, 6.07) is 4.50. The van der Waals surface area contributed by atoms with Crippen molar-refractivity contribution in [3.8, 4) is 0 Å². The molecule has 0 radical (unpaired) electrons. The molecule has 3 heteroatoms. The Bertz CT molecular complexity index is 361. The van der Waals surface area contributed by atoms with Gasteiger partial charge in [-0.3, -0.25) is 4.79 Å². The van der Waals surface area contributed by atoms with Gasteiger partial charge in [0.05, 0.1) is 5.56 Å². The summed E-state index contributed by atoms with van der Waals surface area (Å²) in [6.07, 6.45) is 5.30. The second-order valence-corrected chi connectivity index (χ2v) is 3.19. The molecule has 1 N–H and O–H groups in total. The van der Waals surface area contributed by atoms with Crippen molar-refractivity contribution in [1.29, 1.82) is 0 Å². The van der Waals surface area contributed by atoms with E-state index < -0.39 is 5.82 Å². The normalized spacial score (nSPS) is 10.8. The maximum atomic E-state index is 12.9. The molecule has 1 rings (SSSR count). The molecule has 0 aliphatic rings. The van der Waals surface area contributed by atoms with Crippen molar-refractivity contribution in [2.45, 2.75) is 6.42 Å². The number of rotatable bonds is 5. The van der Waals surface area contributed by atoms with Crippen molar-refractivity contribution < 1.29 is 9.18 Å². The molecule has 1 aromatic rings. The molecule has 0 spiro atoms. The van der Waals surface area contributed by atoms with E-state index in [0.717, 1.165) is 18.5 Å². The van der Waals surface area contributed by atoms with Crippen LogP contribution in [0.3, 0.4) is 0 Å². The standard InChI is InChI=1S/C12H14FNO/c1-14-7-3-2-4-10-5-6-12(13)11(8-10)9-15/h2,4-6,8-9,14H,3,7H2,1H3. The number of aldehydes is 1. The van der Waals surface area contributed by atoms with E-state index in [1.165, 1.54) is 12.1 Å². The first-order valence-electron chi connectivity index (χ1n) is 4.84. The van der Waals surface area contributed by atoms with Crippen LogP contribution in [-0.2, 0) is 0 Å². The van der Waals surface area contributed by atoms with Crippen LogP contribution >= 0.6 is 0 Å². The first-order valence-corrected chi connectivity index (χ1v) is 4.84. The Morgan fingerprint density at radius 2 is 2.27 bits per heavy atom. The molecular weight excluding hydrogens is 193 g/mol. The van der Waals surface area contributed by atoms with Gasteiger partial charge in [-0.2, -0.15) is 0 Å². The van der Waals surface area contributed by atoms with Crippen molar-refractivity contribution in [2.75, 3.05) is 13.6 Å². The van der Waals surface area contributed by atoms with Gasteiger partial charge in [0.15, 0.2) is 6.29 Å². The molecule has 0 saturated carbocycles. The van der Waals surface area contributed by atoms with E-state index in [-0.39, 0.29) is 5.56 Å². The first-order chi connectivity index (χ1) is 7.27. The van der Waals surface area contributed by atoms with Crippen LogP contribution in [0, 0.1) is 5.82 Å². The average Bonchev–Trinajstić information content (AvgIpc) is 2.26. The van der Waals surface area contributed by atoms with Crippen LogP contribution in [0.5, 0.6) is 0 Å². The Morgan fingerprint density at radius 1 is 1.47 bits per heavy atom. The topological polar surface area (TPSA) is 29.1 Å². The minimum absolute atomic E-state index is 0.103. The first kappa shape index (κ1) is 11.6. The van der Waals surface area contributed by atoms with Gasteiger partial charge in [0, 0.05) is 0 Å². The smallest absolute Gasteiger partial charge is 0.153 e. The summed E-state index contributed by atoms with van der Waals surface area (Å²) >= 11 is 0. The molecule has 0 bridgehead atoms. The lowest BCUT2D eigenvalue weighted by atomic mass is 10.1. The highest BCUT2D eigenvalue weighted by Gasteiger charge is 1.99. The lowest BCUT2D eigenvalue weighted by Gasteiger charge is -1.97. The monoisotopic (exact) mass is 207 g/mol. The number of hydrogen-bond acceptors (Lipinski definition) is 2. The van der Waals surface area contributed by atoms with Gasteiger partial charge in [-0.1, -0.05) is 18.2 Å². The summed E-state index contributed by atoms with van der Waals surface area (Å²) < 4.78 is 12.9. The van der Waals surface area contributed by atoms with Gasteiger partial charge in [0.25, 0.3) is 0 Å². The highest BCUT2D eigenvalue weighted by molar-refractivity contribution is 5.76. The molecule has 0 aliphatic heterocycles. The summed E-state index contributed by atoms with van der Waals surface area (Å²) in [6.45, 7) is 0.901. The van der Waals surface area contributed by atoms with Gasteiger partial charge in [0.1, 0.15) is 5.82 Å².